The van der Waals surface area contributed by atoms with E-state index in [4.69, 9.17) is 8.83 Å². The molecule has 0 radical (unpaired) electrons. The Hall–Kier alpha value is -2.50. The van der Waals surface area contributed by atoms with Crippen LogP contribution in [0, 0.1) is 27.7 Å². The first-order valence-corrected chi connectivity index (χ1v) is 9.89. The van der Waals surface area contributed by atoms with Crippen LogP contribution in [0.15, 0.2) is 21.0 Å². The normalized spacial score (nSPS) is 19.5. The fourth-order valence-electron chi connectivity index (χ4n) is 4.36. The second kappa shape index (κ2) is 7.86. The summed E-state index contributed by atoms with van der Waals surface area (Å²) in [5, 5.41) is 0. The van der Waals surface area contributed by atoms with Gasteiger partial charge in [-0.15, -0.1) is 0 Å². The highest BCUT2D eigenvalue weighted by atomic mass is 16.3. The van der Waals surface area contributed by atoms with Gasteiger partial charge in [0.05, 0.1) is 23.2 Å². The van der Waals surface area contributed by atoms with Gasteiger partial charge in [-0.2, -0.15) is 0 Å². The molecule has 0 aromatic carbocycles. The number of rotatable bonds is 4. The van der Waals surface area contributed by atoms with Crippen LogP contribution in [0.5, 0.6) is 0 Å². The molecule has 1 fully saturated rings. The topological polar surface area (TPSA) is 66.9 Å². The van der Waals surface area contributed by atoms with Crippen LogP contribution in [-0.2, 0) is 0 Å². The summed E-state index contributed by atoms with van der Waals surface area (Å²) in [5.74, 6) is 2.62. The van der Waals surface area contributed by atoms with Gasteiger partial charge in [-0.3, -0.25) is 9.59 Å². The van der Waals surface area contributed by atoms with Crippen molar-refractivity contribution in [3.05, 3.63) is 46.3 Å². The minimum atomic E-state index is -0.0533. The summed E-state index contributed by atoms with van der Waals surface area (Å²) < 4.78 is 11.1. The van der Waals surface area contributed by atoms with E-state index >= 15 is 0 Å². The maximum absolute atomic E-state index is 13.1. The maximum atomic E-state index is 13.1. The lowest BCUT2D eigenvalue weighted by Gasteiger charge is -2.42. The molecule has 1 aliphatic carbocycles. The quantitative estimate of drug-likeness (QED) is 0.787. The van der Waals surface area contributed by atoms with Crippen molar-refractivity contribution in [1.82, 2.24) is 9.80 Å². The van der Waals surface area contributed by atoms with Crippen molar-refractivity contribution < 1.29 is 18.4 Å². The first-order valence-electron chi connectivity index (χ1n) is 9.89. The van der Waals surface area contributed by atoms with Gasteiger partial charge in [-0.05, 0) is 52.7 Å². The molecule has 6 nitrogen and oxygen atoms in total. The number of hydrogen-bond donors (Lipinski definition) is 0. The molecule has 6 heteroatoms. The minimum Gasteiger partial charge on any atom is -0.466 e. The van der Waals surface area contributed by atoms with Crippen molar-refractivity contribution in [3.8, 4) is 0 Å². The summed E-state index contributed by atoms with van der Waals surface area (Å²) in [6.07, 6.45) is 3.86. The fourth-order valence-corrected chi connectivity index (χ4v) is 4.36. The zero-order valence-corrected chi connectivity index (χ0v) is 17.7. The molecule has 2 aromatic rings. The van der Waals surface area contributed by atoms with E-state index in [1.54, 1.807) is 21.9 Å². The predicted octanol–water partition coefficient (Wildman–Crippen LogP) is 4.26. The molecule has 3 rings (SSSR count). The predicted molar refractivity (Wildman–Crippen MR) is 107 cm³/mol. The molecule has 0 saturated heterocycles. The monoisotopic (exact) mass is 386 g/mol. The standard InChI is InChI=1S/C22H30N2O4/c1-13-11-17(15(3)27-13)21(25)23(5)19-9-7-8-10-20(19)24(6)22(26)18-12-14(2)28-16(18)4/h11-12,19-20H,7-10H2,1-6H3/t19-,20-/m1/s1. The van der Waals surface area contributed by atoms with Crippen LogP contribution in [0.2, 0.25) is 0 Å². The second-order valence-electron chi connectivity index (χ2n) is 7.91. The molecule has 2 atom stereocenters. The summed E-state index contributed by atoms with van der Waals surface area (Å²) >= 11 is 0. The van der Waals surface area contributed by atoms with Crippen molar-refractivity contribution in [2.45, 2.75) is 65.5 Å². The van der Waals surface area contributed by atoms with Crippen molar-refractivity contribution >= 4 is 11.8 Å². The molecule has 0 unspecified atom stereocenters. The van der Waals surface area contributed by atoms with Crippen LogP contribution in [0.1, 0.15) is 69.4 Å². The second-order valence-corrected chi connectivity index (χ2v) is 7.91. The Balaban J connectivity index is 1.83. The molecule has 0 N–H and O–H groups in total. The van der Waals surface area contributed by atoms with E-state index in [0.29, 0.717) is 22.6 Å². The van der Waals surface area contributed by atoms with Crippen LogP contribution in [0.3, 0.4) is 0 Å². The SMILES string of the molecule is Cc1cc(C(=O)N(C)[C@@H]2CCCC[C@H]2N(C)C(=O)c2cc(C)oc2C)c(C)o1. The molecule has 1 saturated carbocycles. The first kappa shape index (κ1) is 20.2. The Morgan fingerprint density at radius 1 is 0.786 bits per heavy atom. The maximum Gasteiger partial charge on any atom is 0.257 e. The molecule has 0 bridgehead atoms. The number of likely N-dealkylation sites (N-methyl/N-ethyl adjacent to an activating group) is 2. The van der Waals surface area contributed by atoms with Gasteiger partial charge in [0.25, 0.3) is 11.8 Å². The van der Waals surface area contributed by atoms with Gasteiger partial charge < -0.3 is 18.6 Å². The lowest BCUT2D eigenvalue weighted by Crippen LogP contribution is -2.54. The van der Waals surface area contributed by atoms with E-state index in [1.165, 1.54) is 0 Å². The Morgan fingerprint density at radius 3 is 1.43 bits per heavy atom. The zero-order chi connectivity index (χ0) is 20.6. The van der Waals surface area contributed by atoms with Gasteiger partial charge in [0, 0.05) is 14.1 Å². The van der Waals surface area contributed by atoms with Gasteiger partial charge in [-0.25, -0.2) is 0 Å². The summed E-state index contributed by atoms with van der Waals surface area (Å²) in [5.41, 5.74) is 1.19. The van der Waals surface area contributed by atoms with E-state index in [0.717, 1.165) is 37.2 Å². The third kappa shape index (κ3) is 3.73. The summed E-state index contributed by atoms with van der Waals surface area (Å²) in [6, 6.07) is 3.52. The zero-order valence-electron chi connectivity index (χ0n) is 17.7. The van der Waals surface area contributed by atoms with Gasteiger partial charge in [0.15, 0.2) is 0 Å². The smallest absolute Gasteiger partial charge is 0.257 e. The average Bonchev–Trinajstić information content (AvgIpc) is 3.19. The van der Waals surface area contributed by atoms with Crippen LogP contribution in [0.25, 0.3) is 0 Å². The molecule has 0 aliphatic heterocycles. The summed E-state index contributed by atoms with van der Waals surface area (Å²) in [4.78, 5) is 29.8. The van der Waals surface area contributed by atoms with Crippen molar-refractivity contribution in [3.63, 3.8) is 0 Å². The molecular formula is C22H30N2O4. The van der Waals surface area contributed by atoms with Gasteiger partial charge >= 0.3 is 0 Å². The van der Waals surface area contributed by atoms with E-state index in [1.807, 2.05) is 41.8 Å². The molecule has 2 amide bonds. The average molecular weight is 386 g/mol. The van der Waals surface area contributed by atoms with E-state index in [9.17, 15) is 9.59 Å². The van der Waals surface area contributed by atoms with Crippen LogP contribution in [0.4, 0.5) is 0 Å². The van der Waals surface area contributed by atoms with Gasteiger partial charge in [0.2, 0.25) is 0 Å². The Morgan fingerprint density at radius 2 is 1.14 bits per heavy atom. The number of furan rings is 2. The Bertz CT molecular complexity index is 807. The van der Waals surface area contributed by atoms with Crippen molar-refractivity contribution in [2.24, 2.45) is 0 Å². The number of carbonyl (C=O) groups excluding carboxylic acids is 2. The molecule has 2 heterocycles. The van der Waals surface area contributed by atoms with Gasteiger partial charge in [-0.1, -0.05) is 12.8 Å². The third-order valence-corrected chi connectivity index (χ3v) is 5.87. The highest BCUT2D eigenvalue weighted by Crippen LogP contribution is 2.29. The Labute approximate surface area is 166 Å². The highest BCUT2D eigenvalue weighted by Gasteiger charge is 2.37. The molecule has 1 aliphatic rings. The lowest BCUT2D eigenvalue weighted by atomic mass is 9.87. The number of nitrogens with zero attached hydrogens (tertiary/aromatic N) is 2. The van der Waals surface area contributed by atoms with E-state index < -0.39 is 0 Å². The fraction of sp³-hybridized carbons (Fsp3) is 0.545. The third-order valence-electron chi connectivity index (χ3n) is 5.87. The van der Waals surface area contributed by atoms with Crippen molar-refractivity contribution in [2.75, 3.05) is 14.1 Å². The Kier molecular flexibility index (Phi) is 5.68. The molecular weight excluding hydrogens is 356 g/mol. The summed E-state index contributed by atoms with van der Waals surface area (Å²) in [6.45, 7) is 7.31. The summed E-state index contributed by atoms with van der Waals surface area (Å²) in [7, 11) is 3.66. The molecule has 152 valence electrons. The lowest BCUT2D eigenvalue weighted by molar-refractivity contribution is 0.0419. The molecule has 28 heavy (non-hydrogen) atoms. The number of carbonyl (C=O) groups is 2. The van der Waals surface area contributed by atoms with Gasteiger partial charge in [0.1, 0.15) is 23.0 Å². The van der Waals surface area contributed by atoms with E-state index in [-0.39, 0.29) is 23.9 Å². The molecule has 0 spiro atoms. The van der Waals surface area contributed by atoms with Crippen LogP contribution < -0.4 is 0 Å². The minimum absolute atomic E-state index is 0.0295. The molecule has 2 aromatic heterocycles. The largest absolute Gasteiger partial charge is 0.466 e. The van der Waals surface area contributed by atoms with Crippen LogP contribution in [-0.4, -0.2) is 47.8 Å². The number of amides is 2. The van der Waals surface area contributed by atoms with Crippen LogP contribution >= 0.6 is 0 Å². The van der Waals surface area contributed by atoms with E-state index in [2.05, 4.69) is 0 Å². The number of aryl methyl sites for hydroxylation is 4. The first-order chi connectivity index (χ1) is 13.2. The van der Waals surface area contributed by atoms with Crippen molar-refractivity contribution in [1.29, 1.82) is 0 Å². The number of hydrogen-bond acceptors (Lipinski definition) is 4. The highest BCUT2D eigenvalue weighted by molar-refractivity contribution is 5.96.